The largest absolute Gasteiger partial charge is 0.387 e. The van der Waals surface area contributed by atoms with Crippen LogP contribution in [0.4, 0.5) is 4.39 Å². The zero-order chi connectivity index (χ0) is 10.0. The van der Waals surface area contributed by atoms with Gasteiger partial charge in [-0.2, -0.15) is 0 Å². The quantitative estimate of drug-likeness (QED) is 0.495. The smallest absolute Gasteiger partial charge is 0.186 e. The predicted molar refractivity (Wildman–Crippen MR) is 39.7 cm³/mol. The predicted octanol–water partition coefficient (Wildman–Crippen LogP) is -1.59. The molecule has 5 nitrogen and oxygen atoms in total. The van der Waals surface area contributed by atoms with Crippen LogP contribution in [-0.2, 0) is 9.47 Å². The minimum Gasteiger partial charge on any atom is -0.387 e. The van der Waals surface area contributed by atoms with E-state index in [4.69, 9.17) is 4.74 Å². The van der Waals surface area contributed by atoms with Crippen LogP contribution in [0, 0.1) is 0 Å². The van der Waals surface area contributed by atoms with Gasteiger partial charge >= 0.3 is 0 Å². The van der Waals surface area contributed by atoms with E-state index in [2.05, 4.69) is 4.74 Å². The molecule has 1 saturated heterocycles. The lowest BCUT2D eigenvalue weighted by Gasteiger charge is -2.38. The fraction of sp³-hybridized carbons (Fsp3) is 1.00. The summed E-state index contributed by atoms with van der Waals surface area (Å²) in [4.78, 5) is 0. The summed E-state index contributed by atoms with van der Waals surface area (Å²) in [6.07, 6.45) is -6.48. The molecule has 5 atom stereocenters. The molecule has 6 heteroatoms. The van der Waals surface area contributed by atoms with Gasteiger partial charge in [0.25, 0.3) is 0 Å². The molecule has 1 fully saturated rings. The van der Waals surface area contributed by atoms with E-state index >= 15 is 0 Å². The zero-order valence-electron chi connectivity index (χ0n) is 7.13. The van der Waals surface area contributed by atoms with Crippen LogP contribution in [-0.4, -0.2) is 59.8 Å². The summed E-state index contributed by atoms with van der Waals surface area (Å²) in [5, 5.41) is 27.7. The molecule has 0 saturated carbocycles. The molecule has 0 amide bonds. The van der Waals surface area contributed by atoms with Crippen LogP contribution in [0.25, 0.3) is 0 Å². The van der Waals surface area contributed by atoms with Crippen molar-refractivity contribution in [3.63, 3.8) is 0 Å². The molecular formula is C7H13FO5. The van der Waals surface area contributed by atoms with E-state index in [1.807, 2.05) is 0 Å². The second-order valence-corrected chi connectivity index (χ2v) is 2.90. The second kappa shape index (κ2) is 4.30. The third-order valence-electron chi connectivity index (χ3n) is 2.05. The van der Waals surface area contributed by atoms with E-state index < -0.39 is 37.4 Å². The lowest BCUT2D eigenvalue weighted by molar-refractivity contribution is -0.291. The highest BCUT2D eigenvalue weighted by Gasteiger charge is 2.43. The monoisotopic (exact) mass is 195 g/mol. The van der Waals surface area contributed by atoms with E-state index in [1.54, 1.807) is 0 Å². The number of hydrogen-bond donors (Lipinski definition) is 3. The van der Waals surface area contributed by atoms with Crippen molar-refractivity contribution in [1.29, 1.82) is 0 Å². The van der Waals surface area contributed by atoms with E-state index in [1.165, 1.54) is 7.11 Å². The molecule has 0 spiro atoms. The standard InChI is InChI=1S/C7H13FO5/c1-12-7-6(11)5(10)4(9)3(2-8)13-7/h3-7,9-11H,2H2,1H3/t3-,4-,5+,6-,7?/m1/s1/i8-1. The van der Waals surface area contributed by atoms with E-state index in [9.17, 15) is 19.7 Å². The number of aliphatic hydroxyl groups is 3. The number of ether oxygens (including phenoxy) is 2. The highest BCUT2D eigenvalue weighted by molar-refractivity contribution is 4.88. The van der Waals surface area contributed by atoms with Gasteiger partial charge in [0.2, 0.25) is 0 Å². The molecule has 1 aliphatic rings. The van der Waals surface area contributed by atoms with Gasteiger partial charge in [-0.05, 0) is 0 Å². The summed E-state index contributed by atoms with van der Waals surface area (Å²) in [6.45, 7) is -0.940. The molecule has 3 N–H and O–H groups in total. The molecule has 0 aromatic carbocycles. The molecule has 0 aromatic heterocycles. The lowest BCUT2D eigenvalue weighted by Crippen LogP contribution is -2.58. The van der Waals surface area contributed by atoms with Crippen molar-refractivity contribution < 1.29 is 29.2 Å². The molecule has 1 aliphatic heterocycles. The first-order valence-corrected chi connectivity index (χ1v) is 3.90. The first-order valence-electron chi connectivity index (χ1n) is 3.90. The summed E-state index contributed by atoms with van der Waals surface area (Å²) in [5.41, 5.74) is 0. The molecule has 0 aliphatic carbocycles. The average molecular weight is 195 g/mol. The Morgan fingerprint density at radius 1 is 1.23 bits per heavy atom. The fourth-order valence-corrected chi connectivity index (χ4v) is 1.24. The molecule has 0 radical (unpaired) electrons. The Hall–Kier alpha value is -0.270. The molecular weight excluding hydrogens is 182 g/mol. The van der Waals surface area contributed by atoms with Gasteiger partial charge in [0, 0.05) is 7.11 Å². The number of methoxy groups -OCH3 is 1. The first kappa shape index (κ1) is 10.8. The van der Waals surface area contributed by atoms with Crippen LogP contribution in [0.15, 0.2) is 0 Å². The van der Waals surface area contributed by atoms with Crippen molar-refractivity contribution >= 4 is 0 Å². The highest BCUT2D eigenvalue weighted by Crippen LogP contribution is 2.21. The molecule has 0 aromatic rings. The van der Waals surface area contributed by atoms with Gasteiger partial charge in [-0.1, -0.05) is 0 Å². The Labute approximate surface area is 74.7 Å². The highest BCUT2D eigenvalue weighted by atomic mass is 18.2. The minimum atomic E-state index is -1.44. The first-order chi connectivity index (χ1) is 6.11. The lowest BCUT2D eigenvalue weighted by atomic mass is 10.00. The van der Waals surface area contributed by atoms with Crippen LogP contribution < -0.4 is 0 Å². The number of rotatable bonds is 2. The van der Waals surface area contributed by atoms with Gasteiger partial charge in [0.15, 0.2) is 6.29 Å². The Balaban J connectivity index is 2.66. The summed E-state index contributed by atoms with van der Waals surface area (Å²) >= 11 is 0. The van der Waals surface area contributed by atoms with Gasteiger partial charge in [0.05, 0.1) is 0 Å². The Morgan fingerprint density at radius 2 is 1.85 bits per heavy atom. The Bertz CT molecular complexity index is 147. The van der Waals surface area contributed by atoms with Crippen LogP contribution in [0.5, 0.6) is 0 Å². The number of hydrogen-bond acceptors (Lipinski definition) is 5. The normalized spacial score (nSPS) is 46.4. The molecule has 78 valence electrons. The summed E-state index contributed by atoms with van der Waals surface area (Å²) in [6, 6.07) is 0. The molecule has 1 rings (SSSR count). The van der Waals surface area contributed by atoms with Crippen LogP contribution in [0.1, 0.15) is 0 Å². The minimum absolute atomic E-state index is 0.940. The maximum absolute atomic E-state index is 12.2. The van der Waals surface area contributed by atoms with Crippen LogP contribution in [0.3, 0.4) is 0 Å². The molecule has 1 heterocycles. The number of halogens is 1. The van der Waals surface area contributed by atoms with Gasteiger partial charge < -0.3 is 24.8 Å². The maximum Gasteiger partial charge on any atom is 0.186 e. The van der Waals surface area contributed by atoms with Crippen molar-refractivity contribution in [1.82, 2.24) is 0 Å². The van der Waals surface area contributed by atoms with Gasteiger partial charge in [-0.25, -0.2) is 4.39 Å². The van der Waals surface area contributed by atoms with Gasteiger partial charge in [-0.15, -0.1) is 0 Å². The average Bonchev–Trinajstić information content (AvgIpc) is 2.15. The third-order valence-corrected chi connectivity index (χ3v) is 2.05. The second-order valence-electron chi connectivity index (χ2n) is 2.90. The molecule has 0 bridgehead atoms. The van der Waals surface area contributed by atoms with E-state index in [0.29, 0.717) is 0 Å². The number of aliphatic hydroxyl groups excluding tert-OH is 3. The topological polar surface area (TPSA) is 79.2 Å². The SMILES string of the molecule is COC1O[C@H](C[18F])[C@@H](O)[C@H](O)[C@H]1O. The Kier molecular flexibility index (Phi) is 3.57. The van der Waals surface area contributed by atoms with Gasteiger partial charge in [-0.3, -0.25) is 0 Å². The fourth-order valence-electron chi connectivity index (χ4n) is 1.24. The maximum atomic E-state index is 12.2. The molecule has 13 heavy (non-hydrogen) atoms. The third kappa shape index (κ3) is 1.97. The van der Waals surface area contributed by atoms with Crippen molar-refractivity contribution in [2.45, 2.75) is 30.7 Å². The summed E-state index contributed by atoms with van der Waals surface area (Å²) < 4.78 is 21.7. The van der Waals surface area contributed by atoms with Crippen molar-refractivity contribution in [2.24, 2.45) is 0 Å². The Morgan fingerprint density at radius 3 is 2.31 bits per heavy atom. The van der Waals surface area contributed by atoms with Gasteiger partial charge in [0.1, 0.15) is 31.1 Å². The summed E-state index contributed by atoms with van der Waals surface area (Å²) in [7, 11) is 1.26. The van der Waals surface area contributed by atoms with E-state index in [-0.39, 0.29) is 0 Å². The number of alkyl halides is 1. The van der Waals surface area contributed by atoms with Crippen LogP contribution >= 0.6 is 0 Å². The molecule has 1 unspecified atom stereocenters. The van der Waals surface area contributed by atoms with Crippen molar-refractivity contribution in [3.05, 3.63) is 0 Å². The zero-order valence-corrected chi connectivity index (χ0v) is 7.13. The van der Waals surface area contributed by atoms with Crippen LogP contribution in [0.2, 0.25) is 0 Å². The summed E-state index contributed by atoms with van der Waals surface area (Å²) in [5.74, 6) is 0. The van der Waals surface area contributed by atoms with Crippen molar-refractivity contribution in [3.8, 4) is 0 Å². The van der Waals surface area contributed by atoms with E-state index in [0.717, 1.165) is 0 Å². The van der Waals surface area contributed by atoms with Crippen molar-refractivity contribution in [2.75, 3.05) is 13.8 Å².